The van der Waals surface area contributed by atoms with Crippen molar-refractivity contribution in [3.63, 3.8) is 0 Å². The van der Waals surface area contributed by atoms with Gasteiger partial charge in [0.05, 0.1) is 5.56 Å². The van der Waals surface area contributed by atoms with Crippen LogP contribution in [0.3, 0.4) is 0 Å². The van der Waals surface area contributed by atoms with Crippen LogP contribution < -0.4 is 26.0 Å². The molecule has 0 saturated carbocycles. The highest BCUT2D eigenvalue weighted by Gasteiger charge is 2.43. The molecule has 0 radical (unpaired) electrons. The fourth-order valence-corrected chi connectivity index (χ4v) is 5.00. The summed E-state index contributed by atoms with van der Waals surface area (Å²) in [6.45, 7) is 0.558. The van der Waals surface area contributed by atoms with E-state index in [1.54, 1.807) is 0 Å². The molecule has 2 aromatic heterocycles. The van der Waals surface area contributed by atoms with E-state index in [4.69, 9.17) is 10.5 Å². The number of anilines is 2. The van der Waals surface area contributed by atoms with Gasteiger partial charge in [0.1, 0.15) is 23.7 Å². The Hall–Kier alpha value is -3.64. The van der Waals surface area contributed by atoms with Crippen LogP contribution in [0.1, 0.15) is 48.2 Å². The SMILES string of the molecule is NC(=O)c1cc(NC2CCNC2=O)nc(N2[C@@H]3CC[C@H]2CC(Oc2ccc(C(F)(F)F)cn2)C3)n1. The lowest BCUT2D eigenvalue weighted by Gasteiger charge is -2.38. The average molecular weight is 491 g/mol. The van der Waals surface area contributed by atoms with Crippen LogP contribution in [0.15, 0.2) is 24.4 Å². The molecule has 3 aliphatic rings. The average Bonchev–Trinajstić information content (AvgIpc) is 3.33. The molecule has 2 aromatic rings. The number of amides is 2. The number of primary amides is 1. The van der Waals surface area contributed by atoms with Crippen LogP contribution in [0.25, 0.3) is 0 Å². The molecule has 3 saturated heterocycles. The van der Waals surface area contributed by atoms with Gasteiger partial charge in [0.2, 0.25) is 17.7 Å². The standard InChI is InChI=1S/C22H24F3N7O3/c23-22(24,25)11-1-4-18(28-10-11)35-14-7-12-2-3-13(8-14)32(12)21-30-16(19(26)33)9-17(31-21)29-15-5-6-27-20(15)34/h1,4,9-10,12-15H,2-3,5-8H2,(H2,26,33)(H,27,34)(H,29,30,31)/t12-,13+,14?,15?. The van der Waals surface area contributed by atoms with Crippen LogP contribution in [0.2, 0.25) is 0 Å². The van der Waals surface area contributed by atoms with Crippen molar-refractivity contribution >= 4 is 23.6 Å². The van der Waals surface area contributed by atoms with E-state index in [-0.39, 0.29) is 35.7 Å². The largest absolute Gasteiger partial charge is 0.474 e. The minimum absolute atomic E-state index is 0.0129. The highest BCUT2D eigenvalue weighted by Crippen LogP contribution is 2.39. The number of alkyl halides is 3. The molecular weight excluding hydrogens is 467 g/mol. The second-order valence-electron chi connectivity index (χ2n) is 8.97. The van der Waals surface area contributed by atoms with Crippen LogP contribution in [-0.2, 0) is 11.0 Å². The van der Waals surface area contributed by atoms with E-state index in [1.807, 2.05) is 4.90 Å². The highest BCUT2D eigenvalue weighted by molar-refractivity contribution is 5.92. The number of nitrogens with two attached hydrogens (primary N) is 1. The Labute approximate surface area is 198 Å². The molecule has 13 heteroatoms. The number of fused-ring (bicyclic) bond motifs is 2. The lowest BCUT2D eigenvalue weighted by Crippen LogP contribution is -2.47. The molecule has 4 atom stereocenters. The Morgan fingerprint density at radius 2 is 1.91 bits per heavy atom. The van der Waals surface area contributed by atoms with E-state index in [0.29, 0.717) is 37.6 Å². The van der Waals surface area contributed by atoms with Crippen molar-refractivity contribution in [1.82, 2.24) is 20.3 Å². The van der Waals surface area contributed by atoms with Crippen molar-refractivity contribution in [1.29, 1.82) is 0 Å². The lowest BCUT2D eigenvalue weighted by atomic mass is 10.00. The maximum absolute atomic E-state index is 12.8. The van der Waals surface area contributed by atoms with Gasteiger partial charge in [-0.15, -0.1) is 0 Å². The first kappa shape index (κ1) is 23.1. The van der Waals surface area contributed by atoms with Gasteiger partial charge in [0.25, 0.3) is 5.91 Å². The van der Waals surface area contributed by atoms with Gasteiger partial charge in [-0.1, -0.05) is 0 Å². The fraction of sp³-hybridized carbons (Fsp3) is 0.500. The predicted octanol–water partition coefficient (Wildman–Crippen LogP) is 1.87. The topological polar surface area (TPSA) is 135 Å². The molecule has 10 nitrogen and oxygen atoms in total. The number of piperidine rings is 1. The van der Waals surface area contributed by atoms with Crippen LogP contribution >= 0.6 is 0 Å². The number of aromatic nitrogens is 3. The van der Waals surface area contributed by atoms with Gasteiger partial charge in [0, 0.05) is 49.8 Å². The van der Waals surface area contributed by atoms with Gasteiger partial charge in [-0.3, -0.25) is 9.59 Å². The van der Waals surface area contributed by atoms with E-state index < -0.39 is 23.7 Å². The van der Waals surface area contributed by atoms with Gasteiger partial charge in [-0.2, -0.15) is 18.2 Å². The van der Waals surface area contributed by atoms with E-state index in [9.17, 15) is 22.8 Å². The number of nitrogens with one attached hydrogen (secondary N) is 2. The number of hydrogen-bond donors (Lipinski definition) is 3. The molecule has 35 heavy (non-hydrogen) atoms. The minimum atomic E-state index is -4.45. The molecule has 0 spiro atoms. The van der Waals surface area contributed by atoms with Crippen LogP contribution in [0.5, 0.6) is 5.88 Å². The number of pyridine rings is 1. The third kappa shape index (κ3) is 4.80. The minimum Gasteiger partial charge on any atom is -0.474 e. The summed E-state index contributed by atoms with van der Waals surface area (Å²) in [5.41, 5.74) is 4.71. The number of ether oxygens (including phenoxy) is 1. The summed E-state index contributed by atoms with van der Waals surface area (Å²) in [6, 6.07) is 3.19. The zero-order valence-electron chi connectivity index (χ0n) is 18.6. The zero-order chi connectivity index (χ0) is 24.7. The molecule has 3 aliphatic heterocycles. The van der Waals surface area contributed by atoms with Crippen molar-refractivity contribution in [2.75, 3.05) is 16.8 Å². The number of nitrogens with zero attached hydrogens (tertiary/aromatic N) is 4. The molecule has 5 rings (SSSR count). The molecule has 2 bridgehead atoms. The molecule has 2 amide bonds. The van der Waals surface area contributed by atoms with E-state index in [0.717, 1.165) is 25.1 Å². The van der Waals surface area contributed by atoms with Crippen LogP contribution in [0, 0.1) is 0 Å². The van der Waals surface area contributed by atoms with Crippen LogP contribution in [0.4, 0.5) is 24.9 Å². The summed E-state index contributed by atoms with van der Waals surface area (Å²) in [7, 11) is 0. The zero-order valence-corrected chi connectivity index (χ0v) is 18.6. The van der Waals surface area contributed by atoms with E-state index >= 15 is 0 Å². The maximum Gasteiger partial charge on any atom is 0.417 e. The third-order valence-electron chi connectivity index (χ3n) is 6.61. The summed E-state index contributed by atoms with van der Waals surface area (Å²) >= 11 is 0. The first-order chi connectivity index (χ1) is 16.7. The summed E-state index contributed by atoms with van der Waals surface area (Å²) in [6.07, 6.45) is -0.436. The van der Waals surface area contributed by atoms with E-state index in [2.05, 4.69) is 25.6 Å². The van der Waals surface area contributed by atoms with Gasteiger partial charge in [0.15, 0.2) is 0 Å². The molecule has 3 fully saturated rings. The van der Waals surface area contributed by atoms with Gasteiger partial charge in [-0.25, -0.2) is 9.97 Å². The fourth-order valence-electron chi connectivity index (χ4n) is 5.00. The number of carbonyl (C=O) groups excluding carboxylic acids is 2. The van der Waals surface area contributed by atoms with E-state index in [1.165, 1.54) is 12.1 Å². The first-order valence-electron chi connectivity index (χ1n) is 11.4. The van der Waals surface area contributed by atoms with Gasteiger partial charge >= 0.3 is 6.18 Å². The number of carbonyl (C=O) groups is 2. The molecule has 4 N–H and O–H groups in total. The van der Waals surface area contributed by atoms with Crippen molar-refractivity contribution in [3.05, 3.63) is 35.7 Å². The summed E-state index contributed by atoms with van der Waals surface area (Å²) < 4.78 is 44.2. The Bertz CT molecular complexity index is 1110. The van der Waals surface area contributed by atoms with Crippen molar-refractivity contribution in [3.8, 4) is 5.88 Å². The quantitative estimate of drug-likeness (QED) is 0.557. The number of rotatable bonds is 6. The molecule has 0 aromatic carbocycles. The van der Waals surface area contributed by atoms with Gasteiger partial charge in [-0.05, 0) is 25.3 Å². The normalized spacial score (nSPS) is 25.9. The first-order valence-corrected chi connectivity index (χ1v) is 11.4. The Balaban J connectivity index is 1.32. The summed E-state index contributed by atoms with van der Waals surface area (Å²) in [4.78, 5) is 38.7. The number of hydrogen-bond acceptors (Lipinski definition) is 8. The third-order valence-corrected chi connectivity index (χ3v) is 6.61. The molecule has 2 unspecified atom stereocenters. The monoisotopic (exact) mass is 491 g/mol. The van der Waals surface area contributed by atoms with Crippen molar-refractivity contribution < 1.29 is 27.5 Å². The van der Waals surface area contributed by atoms with Crippen molar-refractivity contribution in [2.45, 2.75) is 62.5 Å². The summed E-state index contributed by atoms with van der Waals surface area (Å²) in [5, 5.41) is 5.80. The molecular formula is C22H24F3N7O3. The second kappa shape index (κ2) is 8.86. The molecule has 5 heterocycles. The second-order valence-corrected chi connectivity index (χ2v) is 8.97. The molecule has 186 valence electrons. The summed E-state index contributed by atoms with van der Waals surface area (Å²) in [5.74, 6) is -0.00486. The Morgan fingerprint density at radius 3 is 2.49 bits per heavy atom. The van der Waals surface area contributed by atoms with Crippen molar-refractivity contribution in [2.24, 2.45) is 5.73 Å². The Morgan fingerprint density at radius 1 is 1.17 bits per heavy atom. The molecule has 0 aliphatic carbocycles. The smallest absolute Gasteiger partial charge is 0.417 e. The number of halogens is 3. The highest BCUT2D eigenvalue weighted by atomic mass is 19.4. The lowest BCUT2D eigenvalue weighted by molar-refractivity contribution is -0.137. The van der Waals surface area contributed by atoms with Crippen LogP contribution in [-0.4, -0.2) is 57.5 Å². The maximum atomic E-state index is 12.8. The van der Waals surface area contributed by atoms with Gasteiger partial charge < -0.3 is 26.0 Å². The Kier molecular flexibility index (Phi) is 5.85. The predicted molar refractivity (Wildman–Crippen MR) is 118 cm³/mol.